The average molecular weight is 514 g/mol. The van der Waals surface area contributed by atoms with E-state index in [1.807, 2.05) is 6.92 Å². The highest BCUT2D eigenvalue weighted by Gasteiger charge is 2.36. The standard InChI is InChI=1S/C26H35N5O6/c1-14-11-31(15(2)13-32)25(34)19-7-6-8-20(27-24(33)18-9-10-18)23(19)36-21(14)12-30(5)26(35)28-22-16(3)29-37-17(22)4/h6-8,14-15,18,21,32H,9-13H2,1-5H3,(H,27,33)(H,28,35)/t14-,15-,21+/m0/s1. The molecule has 37 heavy (non-hydrogen) atoms. The third-order valence-corrected chi connectivity index (χ3v) is 6.96. The Kier molecular flexibility index (Phi) is 7.72. The summed E-state index contributed by atoms with van der Waals surface area (Å²) < 4.78 is 11.6. The summed E-state index contributed by atoms with van der Waals surface area (Å²) in [5.74, 6) is 0.161. The zero-order chi connectivity index (χ0) is 26.9. The summed E-state index contributed by atoms with van der Waals surface area (Å²) in [4.78, 5) is 42.2. The van der Waals surface area contributed by atoms with Gasteiger partial charge in [-0.25, -0.2) is 4.79 Å². The van der Waals surface area contributed by atoms with Crippen molar-refractivity contribution in [3.63, 3.8) is 0 Å². The van der Waals surface area contributed by atoms with Crippen LogP contribution in [0.1, 0.15) is 48.5 Å². The molecule has 11 heteroatoms. The van der Waals surface area contributed by atoms with Crippen LogP contribution in [0.5, 0.6) is 5.75 Å². The SMILES string of the molecule is Cc1noc(C)c1NC(=O)N(C)C[C@H]1Oc2c(NC(=O)C3CC3)cccc2C(=O)N([C@@H](C)CO)C[C@@H]1C. The number of carbonyl (C=O) groups excluding carboxylic acids is 3. The molecule has 1 aromatic carbocycles. The fourth-order valence-electron chi connectivity index (χ4n) is 4.36. The lowest BCUT2D eigenvalue weighted by atomic mass is 9.99. The molecule has 3 N–H and O–H groups in total. The van der Waals surface area contributed by atoms with Crippen molar-refractivity contribution in [3.05, 3.63) is 35.2 Å². The quantitative estimate of drug-likeness (QED) is 0.517. The molecule has 2 aliphatic rings. The molecular formula is C26H35N5O6. The molecule has 2 heterocycles. The minimum atomic E-state index is -0.514. The molecule has 0 spiro atoms. The van der Waals surface area contributed by atoms with E-state index in [1.54, 1.807) is 50.9 Å². The molecular weight excluding hydrogens is 478 g/mol. The molecule has 200 valence electrons. The van der Waals surface area contributed by atoms with Gasteiger partial charge in [-0.2, -0.15) is 0 Å². The minimum absolute atomic E-state index is 0.0279. The fraction of sp³-hybridized carbons (Fsp3) is 0.538. The van der Waals surface area contributed by atoms with Crippen molar-refractivity contribution < 1.29 is 28.8 Å². The van der Waals surface area contributed by atoms with E-state index in [4.69, 9.17) is 9.26 Å². The van der Waals surface area contributed by atoms with E-state index < -0.39 is 12.1 Å². The molecule has 3 atom stereocenters. The number of amides is 4. The zero-order valence-corrected chi connectivity index (χ0v) is 21.9. The van der Waals surface area contributed by atoms with Gasteiger partial charge in [-0.15, -0.1) is 0 Å². The zero-order valence-electron chi connectivity index (χ0n) is 21.9. The maximum atomic E-state index is 13.5. The van der Waals surface area contributed by atoms with Gasteiger partial charge in [-0.05, 0) is 45.7 Å². The van der Waals surface area contributed by atoms with Crippen LogP contribution in [0, 0.1) is 25.7 Å². The minimum Gasteiger partial charge on any atom is -0.485 e. The topological polar surface area (TPSA) is 137 Å². The van der Waals surface area contributed by atoms with E-state index >= 15 is 0 Å². The molecule has 1 aromatic heterocycles. The maximum absolute atomic E-state index is 13.5. The first-order valence-electron chi connectivity index (χ1n) is 12.6. The second-order valence-electron chi connectivity index (χ2n) is 10.1. The molecule has 0 unspecified atom stereocenters. The molecule has 11 nitrogen and oxygen atoms in total. The number of anilines is 2. The summed E-state index contributed by atoms with van der Waals surface area (Å²) >= 11 is 0. The Labute approximate surface area is 216 Å². The Morgan fingerprint density at radius 1 is 1.27 bits per heavy atom. The van der Waals surface area contributed by atoms with Gasteiger partial charge in [0, 0.05) is 25.4 Å². The van der Waals surface area contributed by atoms with Crippen molar-refractivity contribution in [3.8, 4) is 5.75 Å². The Bertz CT molecular complexity index is 1160. The number of hydrogen-bond acceptors (Lipinski definition) is 7. The van der Waals surface area contributed by atoms with Crippen molar-refractivity contribution >= 4 is 29.2 Å². The molecule has 1 fully saturated rings. The van der Waals surface area contributed by atoms with Gasteiger partial charge in [0.2, 0.25) is 5.91 Å². The third-order valence-electron chi connectivity index (χ3n) is 6.96. The number of aliphatic hydroxyl groups is 1. The van der Waals surface area contributed by atoms with Gasteiger partial charge in [0.1, 0.15) is 17.5 Å². The first-order valence-corrected chi connectivity index (χ1v) is 12.6. The number of aromatic nitrogens is 1. The number of carbonyl (C=O) groups is 3. The number of aliphatic hydroxyl groups excluding tert-OH is 1. The molecule has 4 amide bonds. The van der Waals surface area contributed by atoms with Gasteiger partial charge in [0.15, 0.2) is 11.5 Å². The van der Waals surface area contributed by atoms with Crippen LogP contribution in [0.3, 0.4) is 0 Å². The molecule has 0 bridgehead atoms. The smallest absolute Gasteiger partial charge is 0.321 e. The highest BCUT2D eigenvalue weighted by molar-refractivity contribution is 6.02. The lowest BCUT2D eigenvalue weighted by Gasteiger charge is -2.38. The van der Waals surface area contributed by atoms with Gasteiger partial charge in [-0.3, -0.25) is 9.59 Å². The van der Waals surface area contributed by atoms with Crippen LogP contribution in [-0.4, -0.2) is 76.8 Å². The van der Waals surface area contributed by atoms with Gasteiger partial charge in [0.05, 0.1) is 30.4 Å². The van der Waals surface area contributed by atoms with Crippen LogP contribution in [0.15, 0.2) is 22.7 Å². The van der Waals surface area contributed by atoms with Gasteiger partial charge in [0.25, 0.3) is 5.91 Å². The summed E-state index contributed by atoms with van der Waals surface area (Å²) in [6, 6.07) is 4.28. The van der Waals surface area contributed by atoms with Crippen LogP contribution in [-0.2, 0) is 4.79 Å². The highest BCUT2D eigenvalue weighted by Crippen LogP contribution is 2.37. The van der Waals surface area contributed by atoms with E-state index in [9.17, 15) is 19.5 Å². The van der Waals surface area contributed by atoms with Crippen LogP contribution < -0.4 is 15.4 Å². The monoisotopic (exact) mass is 513 g/mol. The predicted molar refractivity (Wildman–Crippen MR) is 137 cm³/mol. The number of benzene rings is 1. The summed E-state index contributed by atoms with van der Waals surface area (Å²) in [6.45, 7) is 7.51. The van der Waals surface area contributed by atoms with E-state index in [-0.39, 0.29) is 48.6 Å². The number of hydrogen-bond donors (Lipinski definition) is 3. The van der Waals surface area contributed by atoms with Crippen molar-refractivity contribution in [2.45, 2.75) is 52.7 Å². The normalized spacial score (nSPS) is 20.3. The highest BCUT2D eigenvalue weighted by atomic mass is 16.5. The van der Waals surface area contributed by atoms with Crippen LogP contribution in [0.25, 0.3) is 0 Å². The van der Waals surface area contributed by atoms with Crippen molar-refractivity contribution in [1.82, 2.24) is 15.0 Å². The summed E-state index contributed by atoms with van der Waals surface area (Å²) in [5.41, 5.74) is 1.81. The van der Waals surface area contributed by atoms with Crippen molar-refractivity contribution in [2.24, 2.45) is 11.8 Å². The van der Waals surface area contributed by atoms with Crippen molar-refractivity contribution in [1.29, 1.82) is 0 Å². The van der Waals surface area contributed by atoms with E-state index in [1.165, 1.54) is 4.90 Å². The lowest BCUT2D eigenvalue weighted by molar-refractivity contribution is -0.117. The summed E-state index contributed by atoms with van der Waals surface area (Å²) in [5, 5.41) is 19.5. The average Bonchev–Trinajstić information content (AvgIpc) is 3.68. The number of para-hydroxylation sites is 1. The molecule has 2 aromatic rings. The number of nitrogens with zero attached hydrogens (tertiary/aromatic N) is 3. The van der Waals surface area contributed by atoms with Gasteiger partial charge < -0.3 is 34.8 Å². The number of nitrogens with one attached hydrogen (secondary N) is 2. The first kappa shape index (κ1) is 26.5. The second kappa shape index (κ2) is 10.8. The number of ether oxygens (including phenoxy) is 1. The number of fused-ring (bicyclic) bond motifs is 1. The predicted octanol–water partition coefficient (Wildman–Crippen LogP) is 3.02. The summed E-state index contributed by atoms with van der Waals surface area (Å²) in [7, 11) is 1.66. The number of likely N-dealkylation sites (N-methyl/N-ethyl adjacent to an activating group) is 1. The van der Waals surface area contributed by atoms with Crippen LogP contribution in [0.2, 0.25) is 0 Å². The van der Waals surface area contributed by atoms with E-state index in [0.29, 0.717) is 34.9 Å². The van der Waals surface area contributed by atoms with Gasteiger partial charge >= 0.3 is 6.03 Å². The Hall–Kier alpha value is -3.60. The van der Waals surface area contributed by atoms with E-state index in [0.717, 1.165) is 12.8 Å². The Morgan fingerprint density at radius 2 is 2.00 bits per heavy atom. The largest absolute Gasteiger partial charge is 0.485 e. The number of rotatable bonds is 7. The van der Waals surface area contributed by atoms with E-state index in [2.05, 4.69) is 15.8 Å². The van der Waals surface area contributed by atoms with Crippen LogP contribution in [0.4, 0.5) is 16.2 Å². The first-order chi connectivity index (χ1) is 17.6. The summed E-state index contributed by atoms with van der Waals surface area (Å²) in [6.07, 6.45) is 1.17. The van der Waals surface area contributed by atoms with Crippen molar-refractivity contribution in [2.75, 3.05) is 37.4 Å². The maximum Gasteiger partial charge on any atom is 0.321 e. The molecule has 1 saturated carbocycles. The lowest BCUT2D eigenvalue weighted by Crippen LogP contribution is -2.50. The van der Waals surface area contributed by atoms with Gasteiger partial charge in [-0.1, -0.05) is 18.1 Å². The molecule has 1 aliphatic heterocycles. The number of urea groups is 1. The Morgan fingerprint density at radius 3 is 2.62 bits per heavy atom. The molecule has 0 radical (unpaired) electrons. The second-order valence-corrected chi connectivity index (χ2v) is 10.1. The van der Waals surface area contributed by atoms with Crippen LogP contribution >= 0.6 is 0 Å². The molecule has 1 aliphatic carbocycles. The fourth-order valence-corrected chi connectivity index (χ4v) is 4.36. The Balaban J connectivity index is 1.63. The molecule has 0 saturated heterocycles. The number of aryl methyl sites for hydroxylation is 2. The molecule has 4 rings (SSSR count). The third kappa shape index (κ3) is 5.71.